The summed E-state index contributed by atoms with van der Waals surface area (Å²) in [5.74, 6) is 2.01. The van der Waals surface area contributed by atoms with Gasteiger partial charge in [-0.05, 0) is 47.5 Å². The fraction of sp³-hybridized carbons (Fsp3) is 0.524. The standard InChI is InChI=1S/C21H29BrO2/c1-13-8-17(11-21(6,7)14(13)2)24-18-10-16(20(3,4)5)9-15(12-22)19(18)23/h8-11,14,23H,12H2,1-7H3. The second-order valence-corrected chi connectivity index (χ2v) is 9.01. The van der Waals surface area contributed by atoms with Gasteiger partial charge in [0.05, 0.1) is 0 Å². The van der Waals surface area contributed by atoms with Crippen LogP contribution in [-0.2, 0) is 10.7 Å². The second kappa shape index (κ2) is 6.59. The molecule has 0 fully saturated rings. The molecule has 0 aliphatic heterocycles. The molecule has 1 unspecified atom stereocenters. The van der Waals surface area contributed by atoms with Gasteiger partial charge in [-0.15, -0.1) is 0 Å². The Hall–Kier alpha value is -1.22. The van der Waals surface area contributed by atoms with Gasteiger partial charge in [0.1, 0.15) is 5.76 Å². The number of aromatic hydroxyl groups is 1. The SMILES string of the molecule is CC1=CC(Oc2cc(C(C)(C)C)cc(CBr)c2O)=CC(C)(C)C1C. The van der Waals surface area contributed by atoms with E-state index in [0.717, 1.165) is 16.9 Å². The summed E-state index contributed by atoms with van der Waals surface area (Å²) >= 11 is 3.46. The number of rotatable bonds is 3. The maximum Gasteiger partial charge on any atom is 0.169 e. The number of hydrogen-bond donors (Lipinski definition) is 1. The molecule has 1 aromatic carbocycles. The molecule has 3 heteroatoms. The van der Waals surface area contributed by atoms with Crippen molar-refractivity contribution in [3.8, 4) is 11.5 Å². The Morgan fingerprint density at radius 2 is 1.88 bits per heavy atom. The molecule has 0 saturated heterocycles. The summed E-state index contributed by atoms with van der Waals surface area (Å²) in [4.78, 5) is 0. The Kier molecular flexibility index (Phi) is 5.25. The number of halogens is 1. The summed E-state index contributed by atoms with van der Waals surface area (Å²) in [6.07, 6.45) is 4.23. The first-order chi connectivity index (χ1) is 11.0. The number of benzene rings is 1. The van der Waals surface area contributed by atoms with Gasteiger partial charge in [0.25, 0.3) is 0 Å². The largest absolute Gasteiger partial charge is 0.504 e. The van der Waals surface area contributed by atoms with Crippen LogP contribution in [0.25, 0.3) is 0 Å². The first-order valence-electron chi connectivity index (χ1n) is 8.47. The summed E-state index contributed by atoms with van der Waals surface area (Å²) < 4.78 is 6.13. The lowest BCUT2D eigenvalue weighted by Gasteiger charge is -2.33. The van der Waals surface area contributed by atoms with Crippen LogP contribution in [0, 0.1) is 11.3 Å². The topological polar surface area (TPSA) is 29.5 Å². The molecule has 0 spiro atoms. The average Bonchev–Trinajstić information content (AvgIpc) is 2.45. The molecule has 24 heavy (non-hydrogen) atoms. The first-order valence-corrected chi connectivity index (χ1v) is 9.59. The van der Waals surface area contributed by atoms with Crippen molar-refractivity contribution in [1.82, 2.24) is 0 Å². The lowest BCUT2D eigenvalue weighted by Crippen LogP contribution is -2.24. The van der Waals surface area contributed by atoms with Crippen LogP contribution in [-0.4, -0.2) is 5.11 Å². The molecule has 0 heterocycles. The van der Waals surface area contributed by atoms with Gasteiger partial charge in [0.15, 0.2) is 11.5 Å². The van der Waals surface area contributed by atoms with E-state index in [4.69, 9.17) is 4.74 Å². The summed E-state index contributed by atoms with van der Waals surface area (Å²) in [5, 5.41) is 11.1. The van der Waals surface area contributed by atoms with Crippen LogP contribution >= 0.6 is 15.9 Å². The Balaban J connectivity index is 2.47. The normalized spacial score (nSPS) is 20.4. The van der Waals surface area contributed by atoms with Gasteiger partial charge in [-0.1, -0.05) is 69.1 Å². The van der Waals surface area contributed by atoms with Crippen molar-refractivity contribution in [3.05, 3.63) is 46.7 Å². The highest BCUT2D eigenvalue weighted by Crippen LogP contribution is 2.42. The molecule has 1 N–H and O–H groups in total. The van der Waals surface area contributed by atoms with Crippen molar-refractivity contribution in [2.45, 2.75) is 59.2 Å². The molecule has 0 bridgehead atoms. The van der Waals surface area contributed by atoms with E-state index >= 15 is 0 Å². The minimum Gasteiger partial charge on any atom is -0.504 e. The van der Waals surface area contributed by atoms with E-state index in [0.29, 0.717) is 17.0 Å². The van der Waals surface area contributed by atoms with Crippen molar-refractivity contribution in [2.24, 2.45) is 11.3 Å². The van der Waals surface area contributed by atoms with Gasteiger partial charge in [-0.25, -0.2) is 0 Å². The Bertz CT molecular complexity index is 691. The lowest BCUT2D eigenvalue weighted by atomic mass is 9.73. The molecule has 1 aliphatic carbocycles. The van der Waals surface area contributed by atoms with Gasteiger partial charge in [-0.3, -0.25) is 0 Å². The van der Waals surface area contributed by atoms with E-state index in [-0.39, 0.29) is 16.6 Å². The summed E-state index contributed by atoms with van der Waals surface area (Å²) in [6, 6.07) is 4.00. The summed E-state index contributed by atoms with van der Waals surface area (Å²) in [6.45, 7) is 15.3. The lowest BCUT2D eigenvalue weighted by molar-refractivity contribution is 0.314. The van der Waals surface area contributed by atoms with Gasteiger partial charge in [-0.2, -0.15) is 0 Å². The predicted molar refractivity (Wildman–Crippen MR) is 105 cm³/mol. The Morgan fingerprint density at radius 1 is 1.25 bits per heavy atom. The first kappa shape index (κ1) is 19.1. The molecule has 1 aliphatic rings. The van der Waals surface area contributed by atoms with E-state index in [2.05, 4.69) is 76.5 Å². The molecule has 1 aromatic rings. The van der Waals surface area contributed by atoms with Crippen LogP contribution in [0.5, 0.6) is 11.5 Å². The number of hydrogen-bond acceptors (Lipinski definition) is 2. The predicted octanol–water partition coefficient (Wildman–Crippen LogP) is 6.47. The van der Waals surface area contributed by atoms with Crippen molar-refractivity contribution >= 4 is 15.9 Å². The summed E-state index contributed by atoms with van der Waals surface area (Å²) in [7, 11) is 0. The van der Waals surface area contributed by atoms with E-state index < -0.39 is 0 Å². The van der Waals surface area contributed by atoms with Crippen LogP contribution in [0.4, 0.5) is 0 Å². The Morgan fingerprint density at radius 3 is 2.38 bits per heavy atom. The monoisotopic (exact) mass is 392 g/mol. The molecular formula is C21H29BrO2. The molecule has 132 valence electrons. The van der Waals surface area contributed by atoms with Crippen LogP contribution in [0.2, 0.25) is 0 Å². The van der Waals surface area contributed by atoms with E-state index in [1.54, 1.807) is 0 Å². The van der Waals surface area contributed by atoms with Crippen LogP contribution in [0.15, 0.2) is 35.6 Å². The molecule has 2 rings (SSSR count). The van der Waals surface area contributed by atoms with Crippen LogP contribution in [0.3, 0.4) is 0 Å². The number of phenols is 1. The zero-order valence-corrected chi connectivity index (χ0v) is 17.4. The highest BCUT2D eigenvalue weighted by molar-refractivity contribution is 9.08. The van der Waals surface area contributed by atoms with Gasteiger partial charge < -0.3 is 9.84 Å². The number of alkyl halides is 1. The van der Waals surface area contributed by atoms with Crippen molar-refractivity contribution in [1.29, 1.82) is 0 Å². The third-order valence-electron chi connectivity index (χ3n) is 5.07. The van der Waals surface area contributed by atoms with E-state index in [1.165, 1.54) is 5.57 Å². The molecule has 0 saturated carbocycles. The van der Waals surface area contributed by atoms with Crippen molar-refractivity contribution < 1.29 is 9.84 Å². The maximum atomic E-state index is 10.6. The van der Waals surface area contributed by atoms with Crippen molar-refractivity contribution in [2.75, 3.05) is 0 Å². The number of ether oxygens (including phenoxy) is 1. The highest BCUT2D eigenvalue weighted by atomic mass is 79.9. The zero-order valence-electron chi connectivity index (χ0n) is 15.8. The fourth-order valence-corrected chi connectivity index (χ4v) is 3.36. The van der Waals surface area contributed by atoms with Gasteiger partial charge >= 0.3 is 0 Å². The van der Waals surface area contributed by atoms with E-state index in [1.807, 2.05) is 12.1 Å². The average molecular weight is 393 g/mol. The van der Waals surface area contributed by atoms with Gasteiger partial charge in [0, 0.05) is 10.9 Å². The fourth-order valence-electron chi connectivity index (χ4n) is 2.93. The van der Waals surface area contributed by atoms with Gasteiger partial charge in [0.2, 0.25) is 0 Å². The van der Waals surface area contributed by atoms with E-state index in [9.17, 15) is 5.11 Å². The van der Waals surface area contributed by atoms with Crippen molar-refractivity contribution in [3.63, 3.8) is 0 Å². The van der Waals surface area contributed by atoms with Crippen LogP contribution < -0.4 is 4.74 Å². The smallest absolute Gasteiger partial charge is 0.169 e. The zero-order chi connectivity index (χ0) is 18.3. The number of allylic oxidation sites excluding steroid dienone is 3. The third kappa shape index (κ3) is 3.88. The third-order valence-corrected chi connectivity index (χ3v) is 5.68. The molecule has 1 atom stereocenters. The minimum atomic E-state index is -0.0107. The van der Waals surface area contributed by atoms with Crippen LogP contribution in [0.1, 0.15) is 59.6 Å². The molecular weight excluding hydrogens is 364 g/mol. The maximum absolute atomic E-state index is 10.6. The minimum absolute atomic E-state index is 0.0107. The summed E-state index contributed by atoms with van der Waals surface area (Å²) in [5.41, 5.74) is 3.31. The molecule has 0 aromatic heterocycles. The molecule has 0 radical (unpaired) electrons. The Labute approximate surface area is 154 Å². The molecule has 0 amide bonds. The molecule has 2 nitrogen and oxygen atoms in total. The number of phenolic OH excluding ortho intramolecular Hbond substituents is 1. The second-order valence-electron chi connectivity index (χ2n) is 8.45. The quantitative estimate of drug-likeness (QED) is 0.597. The highest BCUT2D eigenvalue weighted by Gasteiger charge is 2.29.